The Hall–Kier alpha value is -5.05. The Bertz CT molecular complexity index is 1640. The minimum Gasteiger partial charge on any atom is -0.337 e. The molecule has 2 aromatic carbocycles. The fourth-order valence-electron chi connectivity index (χ4n) is 5.38. The van der Waals surface area contributed by atoms with E-state index in [4.69, 9.17) is 5.10 Å². The van der Waals surface area contributed by atoms with Crippen molar-refractivity contribution in [2.45, 2.75) is 19.0 Å². The van der Waals surface area contributed by atoms with E-state index in [1.54, 1.807) is 47.4 Å². The summed E-state index contributed by atoms with van der Waals surface area (Å²) in [5.41, 5.74) is 6.15. The molecule has 4 heterocycles. The summed E-state index contributed by atoms with van der Waals surface area (Å²) in [5, 5.41) is 7.97. The van der Waals surface area contributed by atoms with Crippen LogP contribution in [0.1, 0.15) is 38.7 Å². The van der Waals surface area contributed by atoms with Crippen molar-refractivity contribution >= 4 is 23.4 Å². The third-order valence-electron chi connectivity index (χ3n) is 7.49. The maximum absolute atomic E-state index is 13.1. The van der Waals surface area contributed by atoms with E-state index in [-0.39, 0.29) is 23.8 Å². The molecule has 4 aromatic rings. The molecule has 2 aliphatic heterocycles. The number of nitrogens with zero attached hydrogens (tertiary/aromatic N) is 5. The predicted octanol–water partition coefficient (Wildman–Crippen LogP) is 4.41. The van der Waals surface area contributed by atoms with Gasteiger partial charge in [-0.25, -0.2) is 0 Å². The molecule has 0 spiro atoms. The Morgan fingerprint density at radius 1 is 1.05 bits per heavy atom. The molecular formula is C31H28N6O3. The van der Waals surface area contributed by atoms with Crippen molar-refractivity contribution in [1.29, 1.82) is 0 Å². The summed E-state index contributed by atoms with van der Waals surface area (Å²) in [6, 6.07) is 16.7. The van der Waals surface area contributed by atoms with Gasteiger partial charge in [-0.3, -0.25) is 24.0 Å². The summed E-state index contributed by atoms with van der Waals surface area (Å²) < 4.78 is 1.94. The molecule has 200 valence electrons. The lowest BCUT2D eigenvalue weighted by molar-refractivity contribution is -0.125. The molecule has 0 unspecified atom stereocenters. The first-order valence-electron chi connectivity index (χ1n) is 13.1. The zero-order chi connectivity index (χ0) is 27.8. The summed E-state index contributed by atoms with van der Waals surface area (Å²) in [6.07, 6.45) is 7.66. The molecule has 2 aromatic heterocycles. The first kappa shape index (κ1) is 25.2. The predicted molar refractivity (Wildman–Crippen MR) is 152 cm³/mol. The molecule has 2 aliphatic rings. The van der Waals surface area contributed by atoms with Gasteiger partial charge in [-0.05, 0) is 66.1 Å². The van der Waals surface area contributed by atoms with Crippen LogP contribution in [0.15, 0.2) is 85.8 Å². The van der Waals surface area contributed by atoms with E-state index in [1.165, 1.54) is 6.08 Å². The Balaban J connectivity index is 1.29. The molecule has 0 aliphatic carbocycles. The molecule has 6 rings (SSSR count). The molecule has 9 heteroatoms. The summed E-state index contributed by atoms with van der Waals surface area (Å²) in [4.78, 5) is 45.0. The molecule has 9 nitrogen and oxygen atoms in total. The molecule has 0 bridgehead atoms. The van der Waals surface area contributed by atoms with Gasteiger partial charge in [0.1, 0.15) is 5.69 Å². The van der Waals surface area contributed by atoms with Gasteiger partial charge in [0.05, 0.1) is 6.04 Å². The Labute approximate surface area is 231 Å². The number of anilines is 1. The molecule has 0 radical (unpaired) electrons. The second-order valence-electron chi connectivity index (χ2n) is 10.1. The third-order valence-corrected chi connectivity index (χ3v) is 7.49. The Morgan fingerprint density at radius 2 is 1.88 bits per heavy atom. The maximum atomic E-state index is 13.1. The van der Waals surface area contributed by atoms with Gasteiger partial charge in [0.25, 0.3) is 11.8 Å². The minimum absolute atomic E-state index is 0.0308. The standard InChI is InChI=1S/C31H28N6O3/c1-3-28(38)36-14-11-25(18-36)37-19-27(20-9-12-32-13-10-20)29(34-37)21-5-4-6-24(16-21)33-30(39)22-7-8-26-23(15-22)17-35(2)31(26)40/h3-10,12-13,15-16,19,25H,1,11,14,17-18H2,2H3,(H,33,39)/t25-/m0/s1. The summed E-state index contributed by atoms with van der Waals surface area (Å²) in [7, 11) is 1.75. The van der Waals surface area contributed by atoms with Crippen LogP contribution in [-0.2, 0) is 11.3 Å². The normalized spacial score (nSPS) is 16.2. The highest BCUT2D eigenvalue weighted by Crippen LogP contribution is 2.34. The van der Waals surface area contributed by atoms with E-state index in [2.05, 4.69) is 16.9 Å². The number of amides is 3. The molecule has 1 saturated heterocycles. The molecule has 1 fully saturated rings. The highest BCUT2D eigenvalue weighted by atomic mass is 16.2. The summed E-state index contributed by atoms with van der Waals surface area (Å²) >= 11 is 0. The quantitative estimate of drug-likeness (QED) is 0.371. The fraction of sp³-hybridized carbons (Fsp3) is 0.194. The van der Waals surface area contributed by atoms with Crippen LogP contribution in [0.2, 0.25) is 0 Å². The second kappa shape index (κ2) is 10.3. The number of hydrogen-bond donors (Lipinski definition) is 1. The molecule has 0 saturated carbocycles. The van der Waals surface area contributed by atoms with E-state index >= 15 is 0 Å². The molecule has 40 heavy (non-hydrogen) atoms. The summed E-state index contributed by atoms with van der Waals surface area (Å²) in [5.74, 6) is -0.355. The highest BCUT2D eigenvalue weighted by molar-refractivity contribution is 6.06. The number of benzene rings is 2. The van der Waals surface area contributed by atoms with Gasteiger partial charge in [0.15, 0.2) is 0 Å². The number of fused-ring (bicyclic) bond motifs is 1. The van der Waals surface area contributed by atoms with E-state index in [9.17, 15) is 14.4 Å². The van der Waals surface area contributed by atoms with Crippen LogP contribution in [0.5, 0.6) is 0 Å². The van der Waals surface area contributed by atoms with Crippen molar-refractivity contribution in [1.82, 2.24) is 24.6 Å². The molecule has 1 atom stereocenters. The van der Waals surface area contributed by atoms with Gasteiger partial charge in [0.2, 0.25) is 5.91 Å². The lowest BCUT2D eigenvalue weighted by Crippen LogP contribution is -2.27. The van der Waals surface area contributed by atoms with Crippen LogP contribution in [0.25, 0.3) is 22.4 Å². The average Bonchev–Trinajstić information content (AvgIpc) is 3.71. The van der Waals surface area contributed by atoms with E-state index in [1.807, 2.05) is 47.3 Å². The maximum Gasteiger partial charge on any atom is 0.255 e. The van der Waals surface area contributed by atoms with E-state index < -0.39 is 0 Å². The number of aromatic nitrogens is 3. The number of hydrogen-bond acceptors (Lipinski definition) is 5. The zero-order valence-corrected chi connectivity index (χ0v) is 22.1. The fourth-order valence-corrected chi connectivity index (χ4v) is 5.38. The minimum atomic E-state index is -0.250. The van der Waals surface area contributed by atoms with Crippen LogP contribution < -0.4 is 5.32 Å². The first-order valence-corrected chi connectivity index (χ1v) is 13.1. The van der Waals surface area contributed by atoms with E-state index in [0.717, 1.165) is 34.4 Å². The molecular weight excluding hydrogens is 504 g/mol. The Kier molecular flexibility index (Phi) is 6.47. The van der Waals surface area contributed by atoms with Gasteiger partial charge in [-0.1, -0.05) is 18.7 Å². The number of pyridine rings is 1. The third kappa shape index (κ3) is 4.66. The lowest BCUT2D eigenvalue weighted by Gasteiger charge is -2.14. The van der Waals surface area contributed by atoms with Crippen molar-refractivity contribution in [3.05, 3.63) is 103 Å². The largest absolute Gasteiger partial charge is 0.337 e. The van der Waals surface area contributed by atoms with Crippen molar-refractivity contribution in [3.8, 4) is 22.4 Å². The van der Waals surface area contributed by atoms with Gasteiger partial charge in [0, 0.05) is 73.2 Å². The summed E-state index contributed by atoms with van der Waals surface area (Å²) in [6.45, 7) is 5.32. The first-order chi connectivity index (χ1) is 19.4. The van der Waals surface area contributed by atoms with Gasteiger partial charge in [-0.15, -0.1) is 0 Å². The van der Waals surface area contributed by atoms with Gasteiger partial charge < -0.3 is 15.1 Å². The van der Waals surface area contributed by atoms with E-state index in [0.29, 0.717) is 36.4 Å². The topological polar surface area (TPSA) is 100 Å². The second-order valence-corrected chi connectivity index (χ2v) is 10.1. The SMILES string of the molecule is C=CC(=O)N1CC[C@H](n2cc(-c3ccncc3)c(-c3cccc(NC(=O)c4ccc5c(c4)CN(C)C5=O)c3)n2)C1. The number of rotatable bonds is 6. The smallest absolute Gasteiger partial charge is 0.255 e. The molecule has 1 N–H and O–H groups in total. The molecule has 3 amide bonds. The van der Waals surface area contributed by atoms with Gasteiger partial charge >= 0.3 is 0 Å². The number of nitrogens with one attached hydrogen (secondary N) is 1. The number of likely N-dealkylation sites (tertiary alicyclic amines) is 1. The van der Waals surface area contributed by atoms with Gasteiger partial charge in [-0.2, -0.15) is 5.10 Å². The Morgan fingerprint density at radius 3 is 2.67 bits per heavy atom. The van der Waals surface area contributed by atoms with Crippen LogP contribution in [-0.4, -0.2) is 62.4 Å². The average molecular weight is 533 g/mol. The van der Waals surface area contributed by atoms with Crippen molar-refractivity contribution in [2.24, 2.45) is 0 Å². The van der Waals surface area contributed by atoms with Crippen molar-refractivity contribution in [3.63, 3.8) is 0 Å². The van der Waals surface area contributed by atoms with Crippen LogP contribution in [0.3, 0.4) is 0 Å². The van der Waals surface area contributed by atoms with Crippen LogP contribution in [0.4, 0.5) is 5.69 Å². The van der Waals surface area contributed by atoms with Crippen molar-refractivity contribution < 1.29 is 14.4 Å². The zero-order valence-electron chi connectivity index (χ0n) is 22.1. The number of carbonyl (C=O) groups is 3. The number of carbonyl (C=O) groups excluding carboxylic acids is 3. The highest BCUT2D eigenvalue weighted by Gasteiger charge is 2.28. The van der Waals surface area contributed by atoms with Crippen LogP contribution >= 0.6 is 0 Å². The monoisotopic (exact) mass is 532 g/mol. The van der Waals surface area contributed by atoms with Crippen molar-refractivity contribution in [2.75, 3.05) is 25.5 Å². The van der Waals surface area contributed by atoms with Crippen LogP contribution in [0, 0.1) is 0 Å². The lowest BCUT2D eigenvalue weighted by atomic mass is 10.0.